The van der Waals surface area contributed by atoms with Gasteiger partial charge in [-0.3, -0.25) is 9.69 Å². The Kier molecular flexibility index (Phi) is 3.99. The van der Waals surface area contributed by atoms with Crippen LogP contribution in [0.25, 0.3) is 0 Å². The number of hydrogen-bond donors (Lipinski definition) is 1. The zero-order valence-electron chi connectivity index (χ0n) is 10.1. The Morgan fingerprint density at radius 3 is 2.94 bits per heavy atom. The maximum atomic E-state index is 11.4. The van der Waals surface area contributed by atoms with Gasteiger partial charge in [0.25, 0.3) is 0 Å². The van der Waals surface area contributed by atoms with Crippen molar-refractivity contribution in [3.63, 3.8) is 0 Å². The highest BCUT2D eigenvalue weighted by molar-refractivity contribution is 9.10. The Morgan fingerprint density at radius 2 is 2.33 bits per heavy atom. The molecule has 1 aliphatic heterocycles. The van der Waals surface area contributed by atoms with Crippen molar-refractivity contribution in [1.29, 1.82) is 0 Å². The van der Waals surface area contributed by atoms with E-state index in [4.69, 9.17) is 11.6 Å². The second-order valence-electron chi connectivity index (χ2n) is 4.84. The quantitative estimate of drug-likeness (QED) is 0.920. The molecule has 98 valence electrons. The predicted molar refractivity (Wildman–Crippen MR) is 74.8 cm³/mol. The van der Waals surface area contributed by atoms with Gasteiger partial charge in [0.2, 0.25) is 0 Å². The summed E-state index contributed by atoms with van der Waals surface area (Å²) in [5, 5.41) is 10.0. The molecular weight excluding hydrogens is 318 g/mol. The lowest BCUT2D eigenvalue weighted by Crippen LogP contribution is -2.47. The second kappa shape index (κ2) is 5.19. The summed E-state index contributed by atoms with van der Waals surface area (Å²) in [6.45, 7) is 3.24. The lowest BCUT2D eigenvalue weighted by atomic mass is 9.99. The number of aliphatic carboxylic acids is 1. The Morgan fingerprint density at radius 1 is 1.61 bits per heavy atom. The summed E-state index contributed by atoms with van der Waals surface area (Å²) in [5.41, 5.74) is 0.313. The number of benzene rings is 1. The van der Waals surface area contributed by atoms with Gasteiger partial charge in [-0.15, -0.1) is 0 Å². The van der Waals surface area contributed by atoms with Crippen LogP contribution in [-0.2, 0) is 11.3 Å². The van der Waals surface area contributed by atoms with Crippen molar-refractivity contribution in [2.75, 3.05) is 6.54 Å². The van der Waals surface area contributed by atoms with Gasteiger partial charge in [0.15, 0.2) is 0 Å². The van der Waals surface area contributed by atoms with E-state index in [0.717, 1.165) is 23.0 Å². The van der Waals surface area contributed by atoms with Crippen LogP contribution in [0.5, 0.6) is 0 Å². The van der Waals surface area contributed by atoms with Crippen LogP contribution < -0.4 is 0 Å². The van der Waals surface area contributed by atoms with Gasteiger partial charge in [-0.05, 0) is 44.0 Å². The fraction of sp³-hybridized carbons (Fsp3) is 0.462. The number of rotatable bonds is 3. The largest absolute Gasteiger partial charge is 0.480 e. The van der Waals surface area contributed by atoms with Gasteiger partial charge >= 0.3 is 5.97 Å². The first-order chi connectivity index (χ1) is 8.43. The molecule has 0 saturated carbocycles. The smallest absolute Gasteiger partial charge is 0.323 e. The van der Waals surface area contributed by atoms with Crippen molar-refractivity contribution in [2.24, 2.45) is 0 Å². The number of halogens is 2. The van der Waals surface area contributed by atoms with Gasteiger partial charge in [0, 0.05) is 16.0 Å². The fourth-order valence-electron chi connectivity index (χ4n) is 2.37. The van der Waals surface area contributed by atoms with E-state index in [-0.39, 0.29) is 0 Å². The highest BCUT2D eigenvalue weighted by Crippen LogP contribution is 2.32. The molecule has 2 rings (SSSR count). The topological polar surface area (TPSA) is 40.5 Å². The minimum atomic E-state index is -0.751. The standard InChI is InChI=1S/C13H15BrClNO2/c1-13(12(17)18)5-2-6-16(13)8-9-3-4-10(15)7-11(9)14/h3-4,7H,2,5-6,8H2,1H3,(H,17,18). The fourth-order valence-corrected chi connectivity index (χ4v) is 3.18. The predicted octanol–water partition coefficient (Wildman–Crippen LogP) is 3.54. The third-order valence-electron chi connectivity index (χ3n) is 3.63. The monoisotopic (exact) mass is 331 g/mol. The molecule has 18 heavy (non-hydrogen) atoms. The minimum absolute atomic E-state index is 0.626. The average Bonchev–Trinajstić information content (AvgIpc) is 2.66. The van der Waals surface area contributed by atoms with Crippen LogP contribution in [0.4, 0.5) is 0 Å². The van der Waals surface area contributed by atoms with Crippen LogP contribution in [0.2, 0.25) is 5.02 Å². The molecule has 1 fully saturated rings. The normalized spacial score (nSPS) is 24.4. The number of carboxylic acids is 1. The Bertz CT molecular complexity index is 480. The zero-order valence-corrected chi connectivity index (χ0v) is 12.5. The number of nitrogens with zero attached hydrogens (tertiary/aromatic N) is 1. The van der Waals surface area contributed by atoms with Gasteiger partial charge in [0.05, 0.1) is 0 Å². The van der Waals surface area contributed by atoms with Gasteiger partial charge < -0.3 is 5.11 Å². The summed E-state index contributed by atoms with van der Waals surface area (Å²) >= 11 is 9.37. The molecule has 1 unspecified atom stereocenters. The van der Waals surface area contributed by atoms with Crippen molar-refractivity contribution in [1.82, 2.24) is 4.90 Å². The molecule has 1 aliphatic rings. The van der Waals surface area contributed by atoms with Gasteiger partial charge in [-0.25, -0.2) is 0 Å². The van der Waals surface area contributed by atoms with Crippen molar-refractivity contribution in [3.8, 4) is 0 Å². The lowest BCUT2D eigenvalue weighted by Gasteiger charge is -2.31. The lowest BCUT2D eigenvalue weighted by molar-refractivity contribution is -0.148. The van der Waals surface area contributed by atoms with Crippen LogP contribution >= 0.6 is 27.5 Å². The maximum Gasteiger partial charge on any atom is 0.323 e. The van der Waals surface area contributed by atoms with Crippen molar-refractivity contribution in [2.45, 2.75) is 31.8 Å². The van der Waals surface area contributed by atoms with Crippen molar-refractivity contribution in [3.05, 3.63) is 33.3 Å². The molecular formula is C13H15BrClNO2. The molecule has 1 atom stereocenters. The van der Waals surface area contributed by atoms with E-state index in [9.17, 15) is 9.90 Å². The summed E-state index contributed by atoms with van der Waals surface area (Å²) in [6, 6.07) is 5.61. The first-order valence-corrected chi connectivity index (χ1v) is 7.03. The molecule has 0 amide bonds. The molecule has 1 aromatic carbocycles. The zero-order chi connectivity index (χ0) is 13.3. The Balaban J connectivity index is 2.21. The molecule has 3 nitrogen and oxygen atoms in total. The van der Waals surface area contributed by atoms with Crippen molar-refractivity contribution >= 4 is 33.5 Å². The second-order valence-corrected chi connectivity index (χ2v) is 6.13. The van der Waals surface area contributed by atoms with Crippen LogP contribution in [0.3, 0.4) is 0 Å². The first kappa shape index (κ1) is 13.8. The van der Waals surface area contributed by atoms with Crippen LogP contribution in [0.1, 0.15) is 25.3 Å². The number of carboxylic acid groups (broad SMARTS) is 1. The molecule has 5 heteroatoms. The minimum Gasteiger partial charge on any atom is -0.480 e. The molecule has 0 radical (unpaired) electrons. The van der Waals surface area contributed by atoms with E-state index in [2.05, 4.69) is 15.9 Å². The number of carbonyl (C=O) groups is 1. The summed E-state index contributed by atoms with van der Waals surface area (Å²) in [5.74, 6) is -0.745. The molecule has 0 spiro atoms. The maximum absolute atomic E-state index is 11.4. The van der Waals surface area contributed by atoms with E-state index >= 15 is 0 Å². The molecule has 1 heterocycles. The van der Waals surface area contributed by atoms with Crippen molar-refractivity contribution < 1.29 is 9.90 Å². The molecule has 1 aromatic rings. The summed E-state index contributed by atoms with van der Waals surface area (Å²) in [4.78, 5) is 13.4. The summed E-state index contributed by atoms with van der Waals surface area (Å²) < 4.78 is 0.926. The Hall–Kier alpha value is -0.580. The summed E-state index contributed by atoms with van der Waals surface area (Å²) in [7, 11) is 0. The van der Waals surface area contributed by atoms with Crippen LogP contribution in [0.15, 0.2) is 22.7 Å². The summed E-state index contributed by atoms with van der Waals surface area (Å²) in [6.07, 6.45) is 1.63. The third kappa shape index (κ3) is 2.56. The Labute approximate surface area is 120 Å². The highest BCUT2D eigenvalue weighted by Gasteiger charge is 2.43. The van der Waals surface area contributed by atoms with E-state index in [0.29, 0.717) is 18.0 Å². The number of hydrogen-bond acceptors (Lipinski definition) is 2. The molecule has 1 N–H and O–H groups in total. The molecule has 1 saturated heterocycles. The number of likely N-dealkylation sites (tertiary alicyclic amines) is 1. The molecule has 0 aliphatic carbocycles. The van der Waals surface area contributed by atoms with E-state index in [1.54, 1.807) is 6.92 Å². The van der Waals surface area contributed by atoms with Crippen LogP contribution in [-0.4, -0.2) is 28.1 Å². The molecule has 0 aromatic heterocycles. The SMILES string of the molecule is CC1(C(=O)O)CCCN1Cc1ccc(Cl)cc1Br. The molecule has 0 bridgehead atoms. The van der Waals surface area contributed by atoms with Gasteiger partial charge in [-0.1, -0.05) is 33.6 Å². The highest BCUT2D eigenvalue weighted by atomic mass is 79.9. The average molecular weight is 333 g/mol. The third-order valence-corrected chi connectivity index (χ3v) is 4.60. The van der Waals surface area contributed by atoms with E-state index < -0.39 is 11.5 Å². The van der Waals surface area contributed by atoms with Gasteiger partial charge in [-0.2, -0.15) is 0 Å². The van der Waals surface area contributed by atoms with Gasteiger partial charge in [0.1, 0.15) is 5.54 Å². The van der Waals surface area contributed by atoms with E-state index in [1.165, 1.54) is 0 Å². The van der Waals surface area contributed by atoms with E-state index in [1.807, 2.05) is 23.1 Å². The first-order valence-electron chi connectivity index (χ1n) is 5.86. The van der Waals surface area contributed by atoms with Crippen LogP contribution in [0, 0.1) is 0 Å².